The minimum atomic E-state index is 0.305. The van der Waals surface area contributed by atoms with E-state index in [0.29, 0.717) is 6.10 Å². The van der Waals surface area contributed by atoms with Gasteiger partial charge in [-0.25, -0.2) is 0 Å². The Balaban J connectivity index is 2.62. The molecule has 0 amide bonds. The van der Waals surface area contributed by atoms with Gasteiger partial charge in [-0.15, -0.1) is 0 Å². The van der Waals surface area contributed by atoms with E-state index in [4.69, 9.17) is 4.74 Å². The Morgan fingerprint density at radius 2 is 1.94 bits per heavy atom. The Hall–Kier alpha value is -1.03. The maximum atomic E-state index is 5.94. The van der Waals surface area contributed by atoms with Gasteiger partial charge >= 0.3 is 0 Å². The van der Waals surface area contributed by atoms with Crippen molar-refractivity contribution in [1.82, 2.24) is 10.6 Å². The average molecular weight is 225 g/mol. The largest absolute Gasteiger partial charge is 0.474 e. The average Bonchev–Trinajstić information content (AvgIpc) is 2.35. The van der Waals surface area contributed by atoms with Gasteiger partial charge in [0, 0.05) is 25.4 Å². The third-order valence-corrected chi connectivity index (χ3v) is 3.03. The number of piperidine rings is 1. The fraction of sp³-hybridized carbons (Fsp3) is 0.750. The molecule has 0 bridgehead atoms. The van der Waals surface area contributed by atoms with Crippen LogP contribution in [0.2, 0.25) is 0 Å². The van der Waals surface area contributed by atoms with Crippen LogP contribution in [-0.2, 0) is 4.74 Å². The summed E-state index contributed by atoms with van der Waals surface area (Å²) in [5.41, 5.74) is 2.19. The van der Waals surface area contributed by atoms with Crippen LogP contribution in [0.1, 0.15) is 26.7 Å². The molecule has 1 aliphatic heterocycles. The number of nitrogens with one attached hydrogen (secondary N) is 2. The Kier molecular flexibility index (Phi) is 5.32. The van der Waals surface area contributed by atoms with E-state index in [1.807, 2.05) is 20.9 Å². The first-order chi connectivity index (χ1) is 7.69. The molecule has 0 atom stereocenters. The van der Waals surface area contributed by atoms with Gasteiger partial charge in [-0.2, -0.15) is 0 Å². The lowest BCUT2D eigenvalue weighted by Gasteiger charge is -2.25. The minimum absolute atomic E-state index is 0.305. The highest BCUT2D eigenvalue weighted by Crippen LogP contribution is 2.12. The van der Waals surface area contributed by atoms with Gasteiger partial charge < -0.3 is 15.4 Å². The monoisotopic (exact) mass is 225 g/mol. The van der Waals surface area contributed by atoms with Crippen LogP contribution in [0.5, 0.6) is 0 Å². The Labute approximate surface area is 98.2 Å². The Morgan fingerprint density at radius 1 is 1.31 bits per heavy atom. The van der Waals surface area contributed by atoms with E-state index in [1.54, 1.807) is 7.05 Å². The number of rotatable bonds is 3. The van der Waals surface area contributed by atoms with Crippen molar-refractivity contribution in [3.05, 3.63) is 11.3 Å². The van der Waals surface area contributed by atoms with Crippen LogP contribution in [0.15, 0.2) is 16.3 Å². The summed E-state index contributed by atoms with van der Waals surface area (Å²) in [6, 6.07) is 0. The van der Waals surface area contributed by atoms with Gasteiger partial charge in [0.15, 0.2) is 0 Å². The van der Waals surface area contributed by atoms with Crippen molar-refractivity contribution in [2.75, 3.05) is 27.2 Å². The van der Waals surface area contributed by atoms with E-state index in [0.717, 1.165) is 43.1 Å². The first-order valence-corrected chi connectivity index (χ1v) is 5.88. The second kappa shape index (κ2) is 6.53. The van der Waals surface area contributed by atoms with Gasteiger partial charge in [0.2, 0.25) is 5.90 Å². The molecule has 1 aliphatic rings. The fourth-order valence-corrected chi connectivity index (χ4v) is 1.73. The summed E-state index contributed by atoms with van der Waals surface area (Å²) >= 11 is 0. The fourth-order valence-electron chi connectivity index (χ4n) is 1.73. The SMILES string of the molecule is CN=C(OC1CCNCC1)/C(C)=C(\C)NC. The van der Waals surface area contributed by atoms with E-state index in [2.05, 4.69) is 15.6 Å². The molecule has 1 heterocycles. The summed E-state index contributed by atoms with van der Waals surface area (Å²) < 4.78 is 5.94. The predicted octanol–water partition coefficient (Wildman–Crippen LogP) is 1.30. The maximum Gasteiger partial charge on any atom is 0.213 e. The topological polar surface area (TPSA) is 45.6 Å². The zero-order valence-electron chi connectivity index (χ0n) is 10.8. The second-order valence-corrected chi connectivity index (χ2v) is 4.10. The van der Waals surface area contributed by atoms with Crippen molar-refractivity contribution in [3.63, 3.8) is 0 Å². The molecule has 0 spiro atoms. The molecule has 0 aromatic heterocycles. The maximum absolute atomic E-state index is 5.94. The highest BCUT2D eigenvalue weighted by atomic mass is 16.5. The van der Waals surface area contributed by atoms with Gasteiger partial charge in [0.05, 0.1) is 0 Å². The van der Waals surface area contributed by atoms with Crippen LogP contribution in [0.4, 0.5) is 0 Å². The molecule has 1 rings (SSSR count). The van der Waals surface area contributed by atoms with Gasteiger partial charge in [-0.05, 0) is 39.8 Å². The standard InChI is InChI=1S/C12H23N3O/c1-9(10(2)13-3)12(14-4)16-11-5-7-15-8-6-11/h11,13,15H,5-8H2,1-4H3/b10-9+,14-12?. The molecule has 2 N–H and O–H groups in total. The molecule has 4 nitrogen and oxygen atoms in total. The number of hydrogen-bond acceptors (Lipinski definition) is 4. The van der Waals surface area contributed by atoms with Crippen LogP contribution in [0, 0.1) is 0 Å². The number of aliphatic imine (C=N–C) groups is 1. The predicted molar refractivity (Wildman–Crippen MR) is 67.8 cm³/mol. The van der Waals surface area contributed by atoms with Crippen LogP contribution >= 0.6 is 0 Å². The van der Waals surface area contributed by atoms with Crippen molar-refractivity contribution >= 4 is 5.90 Å². The van der Waals surface area contributed by atoms with E-state index in [1.165, 1.54) is 0 Å². The molecule has 4 heteroatoms. The molecule has 16 heavy (non-hydrogen) atoms. The summed E-state index contributed by atoms with van der Waals surface area (Å²) in [7, 11) is 3.69. The third kappa shape index (κ3) is 3.52. The highest BCUT2D eigenvalue weighted by molar-refractivity contribution is 5.93. The number of nitrogens with zero attached hydrogens (tertiary/aromatic N) is 1. The summed E-state index contributed by atoms with van der Waals surface area (Å²) in [6.45, 7) is 6.15. The minimum Gasteiger partial charge on any atom is -0.474 e. The molecule has 0 unspecified atom stereocenters. The van der Waals surface area contributed by atoms with E-state index >= 15 is 0 Å². The zero-order valence-corrected chi connectivity index (χ0v) is 10.8. The summed E-state index contributed by atoms with van der Waals surface area (Å²) in [5.74, 6) is 0.763. The summed E-state index contributed by atoms with van der Waals surface area (Å²) in [5, 5.41) is 6.45. The molecular weight excluding hydrogens is 202 g/mol. The summed E-state index contributed by atoms with van der Waals surface area (Å²) in [6.07, 6.45) is 2.43. The molecule has 1 fully saturated rings. The van der Waals surface area contributed by atoms with Crippen molar-refractivity contribution in [2.24, 2.45) is 4.99 Å². The molecule has 1 saturated heterocycles. The lowest BCUT2D eigenvalue weighted by atomic mass is 10.1. The first kappa shape index (κ1) is 13.0. The first-order valence-electron chi connectivity index (χ1n) is 5.88. The van der Waals surface area contributed by atoms with Crippen LogP contribution in [0.3, 0.4) is 0 Å². The van der Waals surface area contributed by atoms with Crippen molar-refractivity contribution in [3.8, 4) is 0 Å². The molecule has 0 aliphatic carbocycles. The normalized spacial score (nSPS) is 20.4. The molecule has 0 aromatic rings. The highest BCUT2D eigenvalue weighted by Gasteiger charge is 2.17. The third-order valence-electron chi connectivity index (χ3n) is 3.03. The van der Waals surface area contributed by atoms with Crippen molar-refractivity contribution in [1.29, 1.82) is 0 Å². The van der Waals surface area contributed by atoms with Gasteiger partial charge in [0.25, 0.3) is 0 Å². The van der Waals surface area contributed by atoms with Gasteiger partial charge in [-0.1, -0.05) is 0 Å². The van der Waals surface area contributed by atoms with Crippen molar-refractivity contribution < 1.29 is 4.74 Å². The lowest BCUT2D eigenvalue weighted by molar-refractivity contribution is 0.150. The van der Waals surface area contributed by atoms with Crippen LogP contribution < -0.4 is 10.6 Å². The van der Waals surface area contributed by atoms with E-state index in [-0.39, 0.29) is 0 Å². The molecule has 0 radical (unpaired) electrons. The summed E-state index contributed by atoms with van der Waals surface area (Å²) in [4.78, 5) is 4.23. The quantitative estimate of drug-likeness (QED) is 0.562. The number of allylic oxidation sites excluding steroid dienone is 1. The zero-order chi connectivity index (χ0) is 12.0. The Bertz CT molecular complexity index is 278. The van der Waals surface area contributed by atoms with E-state index < -0.39 is 0 Å². The van der Waals surface area contributed by atoms with Crippen molar-refractivity contribution in [2.45, 2.75) is 32.8 Å². The Morgan fingerprint density at radius 3 is 2.44 bits per heavy atom. The van der Waals surface area contributed by atoms with Gasteiger partial charge in [-0.3, -0.25) is 4.99 Å². The van der Waals surface area contributed by atoms with Crippen LogP contribution in [0.25, 0.3) is 0 Å². The number of hydrogen-bond donors (Lipinski definition) is 2. The van der Waals surface area contributed by atoms with E-state index in [9.17, 15) is 0 Å². The lowest BCUT2D eigenvalue weighted by Crippen LogP contribution is -2.34. The number of ether oxygens (including phenoxy) is 1. The second-order valence-electron chi connectivity index (χ2n) is 4.10. The molecule has 0 saturated carbocycles. The molecular formula is C12H23N3O. The molecule has 92 valence electrons. The van der Waals surface area contributed by atoms with Crippen LogP contribution in [-0.4, -0.2) is 39.2 Å². The van der Waals surface area contributed by atoms with Gasteiger partial charge in [0.1, 0.15) is 6.10 Å². The molecule has 0 aromatic carbocycles. The smallest absolute Gasteiger partial charge is 0.213 e.